The molecule has 0 unspecified atom stereocenters. The van der Waals surface area contributed by atoms with Crippen molar-refractivity contribution in [3.05, 3.63) is 0 Å². The lowest BCUT2D eigenvalue weighted by atomic mass is 10.1. The summed E-state index contributed by atoms with van der Waals surface area (Å²) >= 11 is 0. The molecule has 0 spiro atoms. The second kappa shape index (κ2) is 36.9. The molecular formula is C34H72N4O5. The van der Waals surface area contributed by atoms with Crippen molar-refractivity contribution < 1.29 is 25.0 Å². The van der Waals surface area contributed by atoms with Crippen molar-refractivity contribution in [1.29, 1.82) is 0 Å². The quantitative estimate of drug-likeness (QED) is 0.0300. The van der Waals surface area contributed by atoms with E-state index in [-0.39, 0.29) is 18.4 Å². The number of carbonyl (C=O) groups excluding carboxylic acids is 2. The second-order valence-corrected chi connectivity index (χ2v) is 11.8. The Morgan fingerprint density at radius 3 is 1.35 bits per heavy atom. The van der Waals surface area contributed by atoms with Crippen LogP contribution in [0.1, 0.15) is 162 Å². The van der Waals surface area contributed by atoms with Gasteiger partial charge in [0.25, 0.3) is 0 Å². The number of carbonyl (C=O) groups is 2. The molecule has 0 fully saturated rings. The number of unbranched alkanes of at least 4 members (excludes halogenated alkanes) is 16. The van der Waals surface area contributed by atoms with Gasteiger partial charge in [0, 0.05) is 45.6 Å². The van der Waals surface area contributed by atoms with Crippen molar-refractivity contribution in [2.24, 2.45) is 0 Å². The Morgan fingerprint density at radius 1 is 0.558 bits per heavy atom. The standard InChI is InChI=1S/C17H36N2O3.C17H36N2O2/c1-2-3-4-5-6-7-8-9-10-12-16(20)19-14-11-13-18-15-17(21)22;1-3-5-6-7-8-9-10-11-12-14-17(20)18-15-13-16-19(21)4-2/h17-18,21-22H,2-15H2,1H3,(H,19,20);21H,3-16H2,1-2H3,(H,18,20). The summed E-state index contributed by atoms with van der Waals surface area (Å²) in [7, 11) is 0. The predicted molar refractivity (Wildman–Crippen MR) is 179 cm³/mol. The fourth-order valence-electron chi connectivity index (χ4n) is 4.69. The summed E-state index contributed by atoms with van der Waals surface area (Å²) in [6, 6.07) is 0. The van der Waals surface area contributed by atoms with Crippen LogP contribution in [-0.2, 0) is 9.59 Å². The lowest BCUT2D eigenvalue weighted by Gasteiger charge is -2.11. The van der Waals surface area contributed by atoms with Crippen molar-refractivity contribution in [3.63, 3.8) is 0 Å². The third-order valence-electron chi connectivity index (χ3n) is 7.47. The van der Waals surface area contributed by atoms with Crippen LogP contribution in [0.25, 0.3) is 0 Å². The number of hydroxylamine groups is 2. The van der Waals surface area contributed by atoms with Gasteiger partial charge < -0.3 is 31.4 Å². The third kappa shape index (κ3) is 40.7. The number of nitrogens with one attached hydrogen (secondary N) is 3. The van der Waals surface area contributed by atoms with E-state index in [4.69, 9.17) is 10.2 Å². The van der Waals surface area contributed by atoms with E-state index in [9.17, 15) is 14.8 Å². The van der Waals surface area contributed by atoms with E-state index in [1.54, 1.807) is 0 Å². The molecule has 0 saturated carbocycles. The number of nitrogens with zero attached hydrogens (tertiary/aromatic N) is 1. The Hall–Kier alpha value is -1.26. The normalized spacial score (nSPS) is 11.1. The Kier molecular flexibility index (Phi) is 37.7. The fourth-order valence-corrected chi connectivity index (χ4v) is 4.69. The summed E-state index contributed by atoms with van der Waals surface area (Å²) in [4.78, 5) is 23.2. The summed E-state index contributed by atoms with van der Waals surface area (Å²) in [5.74, 6) is 0.282. The summed E-state index contributed by atoms with van der Waals surface area (Å²) < 4.78 is 0. The molecule has 0 atom stereocenters. The molecule has 0 aromatic rings. The van der Waals surface area contributed by atoms with Crippen LogP contribution in [0.15, 0.2) is 0 Å². The molecule has 0 saturated heterocycles. The van der Waals surface area contributed by atoms with Crippen LogP contribution in [-0.4, -0.2) is 77.9 Å². The maximum atomic E-state index is 11.6. The largest absolute Gasteiger partial charge is 0.367 e. The molecule has 9 nitrogen and oxygen atoms in total. The minimum Gasteiger partial charge on any atom is -0.367 e. The van der Waals surface area contributed by atoms with E-state index in [0.29, 0.717) is 45.6 Å². The van der Waals surface area contributed by atoms with E-state index in [2.05, 4.69) is 29.8 Å². The molecular weight excluding hydrogens is 544 g/mol. The van der Waals surface area contributed by atoms with Crippen LogP contribution in [0.5, 0.6) is 0 Å². The van der Waals surface area contributed by atoms with Gasteiger partial charge in [-0.05, 0) is 32.2 Å². The summed E-state index contributed by atoms with van der Waals surface area (Å²) in [6.07, 6.45) is 24.5. The van der Waals surface area contributed by atoms with Crippen LogP contribution in [0.3, 0.4) is 0 Å². The van der Waals surface area contributed by atoms with E-state index in [1.165, 1.54) is 101 Å². The van der Waals surface area contributed by atoms with Crippen molar-refractivity contribution in [3.8, 4) is 0 Å². The maximum absolute atomic E-state index is 11.6. The first-order valence-electron chi connectivity index (χ1n) is 17.9. The highest BCUT2D eigenvalue weighted by molar-refractivity contribution is 5.76. The van der Waals surface area contributed by atoms with Gasteiger partial charge in [-0.3, -0.25) is 9.59 Å². The van der Waals surface area contributed by atoms with Gasteiger partial charge >= 0.3 is 0 Å². The average molecular weight is 617 g/mol. The van der Waals surface area contributed by atoms with Crippen LogP contribution >= 0.6 is 0 Å². The molecule has 0 radical (unpaired) electrons. The van der Waals surface area contributed by atoms with Gasteiger partial charge in [0.1, 0.15) is 0 Å². The average Bonchev–Trinajstić information content (AvgIpc) is 2.99. The first kappa shape index (κ1) is 43.9. The van der Waals surface area contributed by atoms with Crippen LogP contribution in [0.4, 0.5) is 0 Å². The number of hydrogen-bond donors (Lipinski definition) is 6. The van der Waals surface area contributed by atoms with E-state index >= 15 is 0 Å². The molecule has 6 N–H and O–H groups in total. The molecule has 9 heteroatoms. The number of hydrogen-bond acceptors (Lipinski definition) is 7. The smallest absolute Gasteiger partial charge is 0.219 e. The fraction of sp³-hybridized carbons (Fsp3) is 0.941. The monoisotopic (exact) mass is 617 g/mol. The lowest BCUT2D eigenvalue weighted by molar-refractivity contribution is -0.122. The van der Waals surface area contributed by atoms with Gasteiger partial charge in [0.05, 0.1) is 0 Å². The number of aliphatic hydroxyl groups excluding tert-OH is 1. The molecule has 0 aromatic heterocycles. The first-order chi connectivity index (χ1) is 20.9. The minimum atomic E-state index is -1.30. The molecule has 0 aliphatic rings. The van der Waals surface area contributed by atoms with Crippen molar-refractivity contribution in [2.45, 2.75) is 168 Å². The van der Waals surface area contributed by atoms with Crippen molar-refractivity contribution >= 4 is 11.8 Å². The lowest BCUT2D eigenvalue weighted by Crippen LogP contribution is -2.30. The van der Waals surface area contributed by atoms with Gasteiger partial charge in [-0.2, -0.15) is 5.06 Å². The number of aliphatic hydroxyl groups is 2. The van der Waals surface area contributed by atoms with Gasteiger partial charge in [-0.25, -0.2) is 0 Å². The molecule has 2 amide bonds. The highest BCUT2D eigenvalue weighted by atomic mass is 16.5. The van der Waals surface area contributed by atoms with Crippen molar-refractivity contribution in [2.75, 3.05) is 39.3 Å². The van der Waals surface area contributed by atoms with Crippen LogP contribution in [0.2, 0.25) is 0 Å². The molecule has 258 valence electrons. The van der Waals surface area contributed by atoms with Crippen LogP contribution < -0.4 is 16.0 Å². The second-order valence-electron chi connectivity index (χ2n) is 11.8. The highest BCUT2D eigenvalue weighted by Gasteiger charge is 2.03. The molecule has 43 heavy (non-hydrogen) atoms. The van der Waals surface area contributed by atoms with Gasteiger partial charge in [-0.15, -0.1) is 0 Å². The van der Waals surface area contributed by atoms with Gasteiger partial charge in [0.2, 0.25) is 11.8 Å². The number of rotatable bonds is 31. The molecule has 0 aliphatic carbocycles. The zero-order valence-electron chi connectivity index (χ0n) is 28.5. The van der Waals surface area contributed by atoms with Gasteiger partial charge in [0.15, 0.2) is 6.29 Å². The van der Waals surface area contributed by atoms with Crippen LogP contribution in [0, 0.1) is 0 Å². The Morgan fingerprint density at radius 2 is 0.953 bits per heavy atom. The zero-order chi connectivity index (χ0) is 32.2. The molecule has 0 rings (SSSR count). The van der Waals surface area contributed by atoms with E-state index < -0.39 is 6.29 Å². The Balaban J connectivity index is 0. The third-order valence-corrected chi connectivity index (χ3v) is 7.47. The Bertz CT molecular complexity index is 581. The zero-order valence-corrected chi connectivity index (χ0v) is 28.5. The Labute approximate surface area is 265 Å². The SMILES string of the molecule is CCCCCCCCCCCC(=O)NCCCN(O)CC.CCCCCCCCCCCC(=O)NCCCNCC(O)O. The molecule has 0 bridgehead atoms. The van der Waals surface area contributed by atoms with Gasteiger partial charge in [-0.1, -0.05) is 124 Å². The number of amides is 2. The first-order valence-corrected chi connectivity index (χ1v) is 17.9. The topological polar surface area (TPSA) is 134 Å². The highest BCUT2D eigenvalue weighted by Crippen LogP contribution is 2.11. The molecule has 0 heterocycles. The summed E-state index contributed by atoms with van der Waals surface area (Å²) in [5.41, 5.74) is 0. The van der Waals surface area contributed by atoms with E-state index in [0.717, 1.165) is 32.1 Å². The molecule has 0 aliphatic heterocycles. The molecule has 0 aromatic carbocycles. The van der Waals surface area contributed by atoms with Crippen molar-refractivity contribution in [1.82, 2.24) is 21.0 Å². The predicted octanol–water partition coefficient (Wildman–Crippen LogP) is 6.44. The maximum Gasteiger partial charge on any atom is 0.219 e. The summed E-state index contributed by atoms with van der Waals surface area (Å²) in [5, 5.41) is 36.5. The summed E-state index contributed by atoms with van der Waals surface area (Å²) in [6.45, 7) is 9.79. The van der Waals surface area contributed by atoms with E-state index in [1.807, 2.05) is 6.92 Å². The minimum absolute atomic E-state index is 0.130.